The minimum Gasteiger partial charge on any atom is -0.380 e. The molecule has 1 aliphatic heterocycles. The molecule has 0 bridgehead atoms. The highest BCUT2D eigenvalue weighted by Crippen LogP contribution is 2.17. The molecule has 0 aromatic heterocycles. The van der Waals surface area contributed by atoms with Crippen molar-refractivity contribution < 1.29 is 9.53 Å². The second-order valence-electron chi connectivity index (χ2n) is 5.15. The summed E-state index contributed by atoms with van der Waals surface area (Å²) in [6.07, 6.45) is 6.08. The maximum absolute atomic E-state index is 12.2. The van der Waals surface area contributed by atoms with Crippen LogP contribution >= 0.6 is 0 Å². The van der Waals surface area contributed by atoms with Crippen LogP contribution in [-0.4, -0.2) is 43.3 Å². The highest BCUT2D eigenvalue weighted by molar-refractivity contribution is 5.75. The Morgan fingerprint density at radius 3 is 3.00 bits per heavy atom. The summed E-state index contributed by atoms with van der Waals surface area (Å²) in [7, 11) is 0. The summed E-state index contributed by atoms with van der Waals surface area (Å²) in [6, 6.07) is 10.3. The van der Waals surface area contributed by atoms with Gasteiger partial charge in [-0.25, -0.2) is 4.79 Å². The van der Waals surface area contributed by atoms with Gasteiger partial charge >= 0.3 is 6.03 Å². The van der Waals surface area contributed by atoms with Gasteiger partial charge in [0.1, 0.15) is 0 Å². The predicted molar refractivity (Wildman–Crippen MR) is 85.1 cm³/mol. The van der Waals surface area contributed by atoms with Crippen LogP contribution in [0.3, 0.4) is 0 Å². The largest absolute Gasteiger partial charge is 0.380 e. The van der Waals surface area contributed by atoms with Gasteiger partial charge in [0.25, 0.3) is 0 Å². The minimum atomic E-state index is 0.00918. The molecule has 4 heteroatoms. The summed E-state index contributed by atoms with van der Waals surface area (Å²) in [4.78, 5) is 14.1. The fraction of sp³-hybridized carbons (Fsp3) is 0.471. The van der Waals surface area contributed by atoms with E-state index in [0.29, 0.717) is 19.8 Å². The second-order valence-corrected chi connectivity index (χ2v) is 5.15. The van der Waals surface area contributed by atoms with Crippen LogP contribution in [0.5, 0.6) is 0 Å². The van der Waals surface area contributed by atoms with Crippen LogP contribution in [0.2, 0.25) is 0 Å². The smallest absolute Gasteiger partial charge is 0.317 e. The van der Waals surface area contributed by atoms with E-state index in [2.05, 4.69) is 5.32 Å². The minimum absolute atomic E-state index is 0.00918. The molecule has 1 N–H and O–H groups in total. The van der Waals surface area contributed by atoms with E-state index in [9.17, 15) is 4.79 Å². The molecule has 0 spiro atoms. The topological polar surface area (TPSA) is 41.6 Å². The first-order valence-electron chi connectivity index (χ1n) is 7.65. The number of ether oxygens (including phenoxy) is 1. The lowest BCUT2D eigenvalue weighted by Gasteiger charge is -2.24. The van der Waals surface area contributed by atoms with Crippen molar-refractivity contribution >= 4 is 12.1 Å². The van der Waals surface area contributed by atoms with Crippen molar-refractivity contribution in [2.75, 3.05) is 26.3 Å². The van der Waals surface area contributed by atoms with Crippen LogP contribution in [0.4, 0.5) is 4.79 Å². The van der Waals surface area contributed by atoms with Crippen LogP contribution in [0, 0.1) is 0 Å². The van der Waals surface area contributed by atoms with E-state index in [1.165, 1.54) is 0 Å². The molecule has 1 aliphatic rings. The molecule has 114 valence electrons. The van der Waals surface area contributed by atoms with Crippen molar-refractivity contribution in [1.82, 2.24) is 10.2 Å². The molecule has 1 heterocycles. The lowest BCUT2D eigenvalue weighted by molar-refractivity contribution is 0.0943. The van der Waals surface area contributed by atoms with Crippen molar-refractivity contribution in [3.63, 3.8) is 0 Å². The SMILES string of the molecule is CCOC[C@@H]1CCCN1C(=O)NC/C=C/c1ccccc1. The van der Waals surface area contributed by atoms with E-state index in [1.54, 1.807) is 0 Å². The van der Waals surface area contributed by atoms with E-state index >= 15 is 0 Å². The average molecular weight is 288 g/mol. The predicted octanol–water partition coefficient (Wildman–Crippen LogP) is 2.91. The van der Waals surface area contributed by atoms with Gasteiger partial charge in [-0.15, -0.1) is 0 Å². The summed E-state index contributed by atoms with van der Waals surface area (Å²) in [5.74, 6) is 0. The first-order chi connectivity index (χ1) is 10.3. The zero-order valence-corrected chi connectivity index (χ0v) is 12.6. The Morgan fingerprint density at radius 2 is 2.24 bits per heavy atom. The van der Waals surface area contributed by atoms with Gasteiger partial charge in [0, 0.05) is 19.7 Å². The van der Waals surface area contributed by atoms with Crippen LogP contribution in [-0.2, 0) is 4.74 Å². The molecule has 21 heavy (non-hydrogen) atoms. The van der Waals surface area contributed by atoms with Crippen molar-refractivity contribution in [2.45, 2.75) is 25.8 Å². The van der Waals surface area contributed by atoms with Crippen molar-refractivity contribution in [2.24, 2.45) is 0 Å². The first-order valence-corrected chi connectivity index (χ1v) is 7.65. The Kier molecular flexibility index (Phi) is 6.28. The van der Waals surface area contributed by atoms with E-state index in [4.69, 9.17) is 4.74 Å². The van der Waals surface area contributed by atoms with Crippen LogP contribution in [0.15, 0.2) is 36.4 Å². The van der Waals surface area contributed by atoms with Crippen LogP contribution < -0.4 is 5.32 Å². The Hall–Kier alpha value is -1.81. The molecule has 1 saturated heterocycles. The van der Waals surface area contributed by atoms with Gasteiger partial charge < -0.3 is 15.0 Å². The third-order valence-corrected chi connectivity index (χ3v) is 3.63. The summed E-state index contributed by atoms with van der Waals surface area (Å²) >= 11 is 0. The summed E-state index contributed by atoms with van der Waals surface area (Å²) < 4.78 is 5.45. The third-order valence-electron chi connectivity index (χ3n) is 3.63. The maximum Gasteiger partial charge on any atom is 0.317 e. The molecule has 2 rings (SSSR count). The second kappa shape index (κ2) is 8.47. The quantitative estimate of drug-likeness (QED) is 0.874. The van der Waals surface area contributed by atoms with Gasteiger partial charge in [0.15, 0.2) is 0 Å². The highest BCUT2D eigenvalue weighted by Gasteiger charge is 2.28. The van der Waals surface area contributed by atoms with E-state index in [-0.39, 0.29) is 12.1 Å². The van der Waals surface area contributed by atoms with Gasteiger partial charge in [-0.3, -0.25) is 0 Å². The Labute approximate surface area is 126 Å². The Bertz CT molecular complexity index is 459. The normalized spacial score (nSPS) is 18.3. The van der Waals surface area contributed by atoms with Gasteiger partial charge in [-0.05, 0) is 25.3 Å². The van der Waals surface area contributed by atoms with Gasteiger partial charge in [-0.1, -0.05) is 42.5 Å². The molecular weight excluding hydrogens is 264 g/mol. The summed E-state index contributed by atoms with van der Waals surface area (Å²) in [6.45, 7) is 4.70. The number of benzene rings is 1. The van der Waals surface area contributed by atoms with Crippen molar-refractivity contribution in [3.05, 3.63) is 42.0 Å². The maximum atomic E-state index is 12.2. The summed E-state index contributed by atoms with van der Waals surface area (Å²) in [5, 5.41) is 2.95. The van der Waals surface area contributed by atoms with E-state index in [0.717, 1.165) is 24.9 Å². The molecule has 1 aromatic rings. The van der Waals surface area contributed by atoms with E-state index < -0.39 is 0 Å². The number of carbonyl (C=O) groups is 1. The monoisotopic (exact) mass is 288 g/mol. The molecule has 4 nitrogen and oxygen atoms in total. The number of hydrogen-bond acceptors (Lipinski definition) is 2. The number of nitrogens with one attached hydrogen (secondary N) is 1. The number of amides is 2. The standard InChI is InChI=1S/C17H24N2O2/c1-2-21-14-16-11-7-13-19(16)17(20)18-12-6-10-15-8-4-3-5-9-15/h3-6,8-10,16H,2,7,11-14H2,1H3,(H,18,20)/b10-6+/t16-/m0/s1. The molecule has 0 aliphatic carbocycles. The number of hydrogen-bond donors (Lipinski definition) is 1. The molecule has 0 unspecified atom stereocenters. The fourth-order valence-corrected chi connectivity index (χ4v) is 2.54. The zero-order chi connectivity index (χ0) is 14.9. The number of nitrogens with zero attached hydrogens (tertiary/aromatic N) is 1. The highest BCUT2D eigenvalue weighted by atomic mass is 16.5. The Morgan fingerprint density at radius 1 is 1.43 bits per heavy atom. The van der Waals surface area contributed by atoms with Crippen LogP contribution in [0.25, 0.3) is 6.08 Å². The molecule has 1 atom stereocenters. The van der Waals surface area contributed by atoms with Gasteiger partial charge in [0.2, 0.25) is 0 Å². The number of carbonyl (C=O) groups excluding carboxylic acids is 1. The zero-order valence-electron chi connectivity index (χ0n) is 12.6. The number of urea groups is 1. The number of rotatable bonds is 6. The Balaban J connectivity index is 1.75. The lowest BCUT2D eigenvalue weighted by Crippen LogP contribution is -2.44. The van der Waals surface area contributed by atoms with Gasteiger partial charge in [0.05, 0.1) is 12.6 Å². The molecule has 1 aromatic carbocycles. The molecule has 0 radical (unpaired) electrons. The number of likely N-dealkylation sites (tertiary alicyclic amines) is 1. The lowest BCUT2D eigenvalue weighted by atomic mass is 10.2. The van der Waals surface area contributed by atoms with Crippen molar-refractivity contribution in [3.8, 4) is 0 Å². The van der Waals surface area contributed by atoms with Gasteiger partial charge in [-0.2, -0.15) is 0 Å². The summed E-state index contributed by atoms with van der Waals surface area (Å²) in [5.41, 5.74) is 1.14. The van der Waals surface area contributed by atoms with Crippen LogP contribution in [0.1, 0.15) is 25.3 Å². The average Bonchev–Trinajstić information content (AvgIpc) is 2.99. The van der Waals surface area contributed by atoms with E-state index in [1.807, 2.05) is 54.3 Å². The molecular formula is C17H24N2O2. The first kappa shape index (κ1) is 15.6. The fourth-order valence-electron chi connectivity index (χ4n) is 2.54. The van der Waals surface area contributed by atoms with Crippen molar-refractivity contribution in [1.29, 1.82) is 0 Å². The molecule has 2 amide bonds. The molecule has 0 saturated carbocycles. The molecule has 1 fully saturated rings. The third kappa shape index (κ3) is 4.90.